The molecule has 90 valence electrons. The van der Waals surface area contributed by atoms with Crippen molar-refractivity contribution in [3.05, 3.63) is 29.8 Å². The smallest absolute Gasteiger partial charge is 0.251 e. The SMILES string of the molecule is CNCCNC(=O)c1ccc(OC)cc1.Cl. The predicted molar refractivity (Wildman–Crippen MR) is 66.5 cm³/mol. The second kappa shape index (κ2) is 7.96. The van der Waals surface area contributed by atoms with Crippen LogP contribution in [0.5, 0.6) is 5.75 Å². The number of amides is 1. The third-order valence-electron chi connectivity index (χ3n) is 2.01. The molecule has 0 unspecified atom stereocenters. The number of hydrogen-bond acceptors (Lipinski definition) is 3. The molecule has 0 fully saturated rings. The van der Waals surface area contributed by atoms with Gasteiger partial charge in [-0.25, -0.2) is 0 Å². The van der Waals surface area contributed by atoms with E-state index < -0.39 is 0 Å². The van der Waals surface area contributed by atoms with Gasteiger partial charge in [0.25, 0.3) is 5.91 Å². The van der Waals surface area contributed by atoms with Crippen LogP contribution in [0.4, 0.5) is 0 Å². The van der Waals surface area contributed by atoms with Crippen molar-refractivity contribution in [2.45, 2.75) is 0 Å². The Balaban J connectivity index is 0.00000225. The molecule has 0 saturated carbocycles. The van der Waals surface area contributed by atoms with E-state index in [9.17, 15) is 4.79 Å². The van der Waals surface area contributed by atoms with Gasteiger partial charge in [-0.1, -0.05) is 0 Å². The topological polar surface area (TPSA) is 50.4 Å². The molecule has 0 atom stereocenters. The van der Waals surface area contributed by atoms with Gasteiger partial charge in [-0.2, -0.15) is 0 Å². The lowest BCUT2D eigenvalue weighted by atomic mass is 10.2. The van der Waals surface area contributed by atoms with Crippen molar-refractivity contribution in [1.82, 2.24) is 10.6 Å². The molecule has 0 heterocycles. The van der Waals surface area contributed by atoms with E-state index >= 15 is 0 Å². The minimum atomic E-state index is -0.0621. The molecule has 0 aliphatic carbocycles. The molecule has 0 aliphatic heterocycles. The molecule has 0 aliphatic rings. The Kier molecular flexibility index (Phi) is 7.33. The van der Waals surface area contributed by atoms with Gasteiger partial charge in [0.1, 0.15) is 5.75 Å². The highest BCUT2D eigenvalue weighted by molar-refractivity contribution is 5.94. The highest BCUT2D eigenvalue weighted by Crippen LogP contribution is 2.10. The first-order valence-corrected chi connectivity index (χ1v) is 4.84. The Morgan fingerprint density at radius 2 is 1.88 bits per heavy atom. The third kappa shape index (κ3) is 4.51. The van der Waals surface area contributed by atoms with Crippen molar-refractivity contribution in [3.63, 3.8) is 0 Å². The second-order valence-corrected chi connectivity index (χ2v) is 3.09. The number of likely N-dealkylation sites (N-methyl/N-ethyl adjacent to an activating group) is 1. The van der Waals surface area contributed by atoms with Crippen LogP contribution in [0.3, 0.4) is 0 Å². The Bertz CT molecular complexity index is 314. The molecule has 1 aromatic carbocycles. The maximum absolute atomic E-state index is 11.5. The Hall–Kier alpha value is -1.26. The van der Waals surface area contributed by atoms with Crippen molar-refractivity contribution in [1.29, 1.82) is 0 Å². The first-order chi connectivity index (χ1) is 7.27. The van der Waals surface area contributed by atoms with E-state index in [1.54, 1.807) is 31.4 Å². The van der Waals surface area contributed by atoms with Gasteiger partial charge < -0.3 is 15.4 Å². The van der Waals surface area contributed by atoms with Crippen LogP contribution in [0.1, 0.15) is 10.4 Å². The standard InChI is InChI=1S/C11H16N2O2.ClH/c1-12-7-8-13-11(14)9-3-5-10(15-2)6-4-9;/h3-6,12H,7-8H2,1-2H3,(H,13,14);1H. The van der Waals surface area contributed by atoms with Crippen LogP contribution in [-0.2, 0) is 0 Å². The Morgan fingerprint density at radius 3 is 2.38 bits per heavy atom. The Labute approximate surface area is 102 Å². The molecule has 16 heavy (non-hydrogen) atoms. The summed E-state index contributed by atoms with van der Waals surface area (Å²) in [7, 11) is 3.45. The lowest BCUT2D eigenvalue weighted by Gasteiger charge is -2.05. The van der Waals surface area contributed by atoms with Crippen LogP contribution >= 0.6 is 12.4 Å². The zero-order chi connectivity index (χ0) is 11.1. The van der Waals surface area contributed by atoms with Gasteiger partial charge in [0.2, 0.25) is 0 Å². The summed E-state index contributed by atoms with van der Waals surface area (Å²) >= 11 is 0. The van der Waals surface area contributed by atoms with Crippen LogP contribution in [-0.4, -0.2) is 33.2 Å². The van der Waals surface area contributed by atoms with Gasteiger partial charge in [-0.05, 0) is 31.3 Å². The number of ether oxygens (including phenoxy) is 1. The van der Waals surface area contributed by atoms with Crippen LogP contribution in [0.25, 0.3) is 0 Å². The van der Waals surface area contributed by atoms with Gasteiger partial charge in [0, 0.05) is 18.7 Å². The van der Waals surface area contributed by atoms with Crippen molar-refractivity contribution in [3.8, 4) is 5.75 Å². The fraction of sp³-hybridized carbons (Fsp3) is 0.364. The molecule has 5 heteroatoms. The second-order valence-electron chi connectivity index (χ2n) is 3.09. The number of hydrogen-bond donors (Lipinski definition) is 2. The summed E-state index contributed by atoms with van der Waals surface area (Å²) in [6.45, 7) is 1.39. The fourth-order valence-corrected chi connectivity index (χ4v) is 1.15. The minimum Gasteiger partial charge on any atom is -0.497 e. The molecular formula is C11H17ClN2O2. The highest BCUT2D eigenvalue weighted by Gasteiger charge is 2.03. The number of benzene rings is 1. The lowest BCUT2D eigenvalue weighted by molar-refractivity contribution is 0.0954. The predicted octanol–water partition coefficient (Wildman–Crippen LogP) is 1.07. The van der Waals surface area contributed by atoms with E-state index in [0.29, 0.717) is 12.1 Å². The molecule has 0 radical (unpaired) electrons. The van der Waals surface area contributed by atoms with E-state index in [0.717, 1.165) is 12.3 Å². The number of carbonyl (C=O) groups excluding carboxylic acids is 1. The Morgan fingerprint density at radius 1 is 1.25 bits per heavy atom. The minimum absolute atomic E-state index is 0. The summed E-state index contributed by atoms with van der Waals surface area (Å²) in [5.41, 5.74) is 0.645. The molecule has 0 spiro atoms. The van der Waals surface area contributed by atoms with Gasteiger partial charge in [0.05, 0.1) is 7.11 Å². The highest BCUT2D eigenvalue weighted by atomic mass is 35.5. The maximum Gasteiger partial charge on any atom is 0.251 e. The first kappa shape index (κ1) is 14.7. The summed E-state index contributed by atoms with van der Waals surface area (Å²) < 4.78 is 5.01. The summed E-state index contributed by atoms with van der Waals surface area (Å²) in [5, 5.41) is 5.75. The summed E-state index contributed by atoms with van der Waals surface area (Å²) in [6, 6.07) is 7.03. The van der Waals surface area contributed by atoms with Crippen LogP contribution in [0.2, 0.25) is 0 Å². The molecule has 0 saturated heterocycles. The molecule has 2 N–H and O–H groups in total. The van der Waals surface area contributed by atoms with E-state index in [4.69, 9.17) is 4.74 Å². The molecule has 1 aromatic rings. The number of nitrogens with one attached hydrogen (secondary N) is 2. The molecular weight excluding hydrogens is 228 g/mol. The van der Waals surface area contributed by atoms with E-state index in [2.05, 4.69) is 10.6 Å². The van der Waals surface area contributed by atoms with Crippen LogP contribution in [0.15, 0.2) is 24.3 Å². The first-order valence-electron chi connectivity index (χ1n) is 4.84. The van der Waals surface area contributed by atoms with Gasteiger partial charge >= 0.3 is 0 Å². The average Bonchev–Trinajstić information content (AvgIpc) is 2.29. The van der Waals surface area contributed by atoms with Crippen LogP contribution in [0, 0.1) is 0 Å². The van der Waals surface area contributed by atoms with Crippen LogP contribution < -0.4 is 15.4 Å². The lowest BCUT2D eigenvalue weighted by Crippen LogP contribution is -2.30. The molecule has 0 aromatic heterocycles. The normalized spacial score (nSPS) is 9.12. The zero-order valence-electron chi connectivity index (χ0n) is 9.45. The van der Waals surface area contributed by atoms with Gasteiger partial charge in [0.15, 0.2) is 0 Å². The average molecular weight is 245 g/mol. The summed E-state index contributed by atoms with van der Waals surface area (Å²) in [4.78, 5) is 11.5. The number of methoxy groups -OCH3 is 1. The van der Waals surface area contributed by atoms with Crippen molar-refractivity contribution < 1.29 is 9.53 Å². The number of carbonyl (C=O) groups is 1. The van der Waals surface area contributed by atoms with Crippen molar-refractivity contribution in [2.75, 3.05) is 27.2 Å². The summed E-state index contributed by atoms with van der Waals surface area (Å²) in [6.07, 6.45) is 0. The summed E-state index contributed by atoms with van der Waals surface area (Å²) in [5.74, 6) is 0.690. The van der Waals surface area contributed by atoms with Gasteiger partial charge in [-0.3, -0.25) is 4.79 Å². The molecule has 1 rings (SSSR count). The molecule has 1 amide bonds. The number of halogens is 1. The van der Waals surface area contributed by atoms with Gasteiger partial charge in [-0.15, -0.1) is 12.4 Å². The zero-order valence-corrected chi connectivity index (χ0v) is 10.3. The van der Waals surface area contributed by atoms with Crippen molar-refractivity contribution in [2.24, 2.45) is 0 Å². The maximum atomic E-state index is 11.5. The fourth-order valence-electron chi connectivity index (χ4n) is 1.15. The van der Waals surface area contributed by atoms with E-state index in [1.807, 2.05) is 7.05 Å². The molecule has 0 bridgehead atoms. The van der Waals surface area contributed by atoms with Crippen molar-refractivity contribution >= 4 is 18.3 Å². The number of rotatable bonds is 5. The quantitative estimate of drug-likeness (QED) is 0.762. The van der Waals surface area contributed by atoms with E-state index in [1.165, 1.54) is 0 Å². The monoisotopic (exact) mass is 244 g/mol. The molecule has 4 nitrogen and oxygen atoms in total. The largest absolute Gasteiger partial charge is 0.497 e. The third-order valence-corrected chi connectivity index (χ3v) is 2.01. The van der Waals surface area contributed by atoms with E-state index in [-0.39, 0.29) is 18.3 Å².